The van der Waals surface area contributed by atoms with Gasteiger partial charge in [0.15, 0.2) is 0 Å². The number of carbonyl (C=O) groups is 1. The van der Waals surface area contributed by atoms with E-state index < -0.39 is 5.97 Å². The average Bonchev–Trinajstić information content (AvgIpc) is 2.37. The van der Waals surface area contributed by atoms with Crippen LogP contribution >= 0.6 is 0 Å². The van der Waals surface area contributed by atoms with Gasteiger partial charge in [0.1, 0.15) is 0 Å². The molecule has 18 heavy (non-hydrogen) atoms. The molecular formula is C14H14N2O2. The van der Waals surface area contributed by atoms with Gasteiger partial charge in [0, 0.05) is 24.1 Å². The van der Waals surface area contributed by atoms with Gasteiger partial charge in [-0.3, -0.25) is 4.98 Å². The first kappa shape index (κ1) is 12.1. The summed E-state index contributed by atoms with van der Waals surface area (Å²) in [6.45, 7) is 2.59. The van der Waals surface area contributed by atoms with Gasteiger partial charge >= 0.3 is 5.97 Å². The Balaban J connectivity index is 2.00. The van der Waals surface area contributed by atoms with Crippen molar-refractivity contribution in [1.29, 1.82) is 0 Å². The lowest BCUT2D eigenvalue weighted by Gasteiger charge is -2.07. The van der Waals surface area contributed by atoms with Crippen molar-refractivity contribution in [2.45, 2.75) is 13.5 Å². The Morgan fingerprint density at radius 2 is 2.00 bits per heavy atom. The van der Waals surface area contributed by atoms with Crippen molar-refractivity contribution in [1.82, 2.24) is 4.98 Å². The Morgan fingerprint density at radius 3 is 2.61 bits per heavy atom. The molecule has 0 aliphatic heterocycles. The molecule has 0 bridgehead atoms. The lowest BCUT2D eigenvalue weighted by atomic mass is 10.1. The van der Waals surface area contributed by atoms with Crippen molar-refractivity contribution in [3.05, 3.63) is 59.4 Å². The SMILES string of the molecule is Cc1cc(NCc2ccc(C(=O)O)cc2)ccn1. The molecule has 0 unspecified atom stereocenters. The van der Waals surface area contributed by atoms with E-state index in [1.165, 1.54) is 0 Å². The first-order valence-electron chi connectivity index (χ1n) is 5.64. The maximum atomic E-state index is 10.7. The lowest BCUT2D eigenvalue weighted by molar-refractivity contribution is 0.0697. The summed E-state index contributed by atoms with van der Waals surface area (Å²) < 4.78 is 0. The van der Waals surface area contributed by atoms with Crippen molar-refractivity contribution < 1.29 is 9.90 Å². The fourth-order valence-corrected chi connectivity index (χ4v) is 1.62. The maximum Gasteiger partial charge on any atom is 0.335 e. The standard InChI is InChI=1S/C14H14N2O2/c1-10-8-13(6-7-15-10)16-9-11-2-4-12(5-3-11)14(17)18/h2-8H,9H2,1H3,(H,15,16)(H,17,18). The third kappa shape index (κ3) is 3.07. The number of nitrogens with zero attached hydrogens (tertiary/aromatic N) is 1. The molecule has 0 saturated carbocycles. The van der Waals surface area contributed by atoms with Crippen LogP contribution in [0.3, 0.4) is 0 Å². The number of hydrogen-bond acceptors (Lipinski definition) is 3. The Hall–Kier alpha value is -2.36. The molecular weight excluding hydrogens is 228 g/mol. The molecule has 0 amide bonds. The molecule has 0 radical (unpaired) electrons. The van der Waals surface area contributed by atoms with Gasteiger partial charge in [0.2, 0.25) is 0 Å². The Bertz CT molecular complexity index is 550. The highest BCUT2D eigenvalue weighted by atomic mass is 16.4. The largest absolute Gasteiger partial charge is 0.478 e. The normalized spacial score (nSPS) is 10.1. The van der Waals surface area contributed by atoms with Gasteiger partial charge < -0.3 is 10.4 Å². The van der Waals surface area contributed by atoms with Gasteiger partial charge in [-0.15, -0.1) is 0 Å². The van der Waals surface area contributed by atoms with Crippen LogP contribution in [0.15, 0.2) is 42.6 Å². The van der Waals surface area contributed by atoms with E-state index in [1.54, 1.807) is 18.3 Å². The van der Waals surface area contributed by atoms with Gasteiger partial charge in [-0.25, -0.2) is 4.79 Å². The second-order valence-electron chi connectivity index (χ2n) is 4.04. The summed E-state index contributed by atoms with van der Waals surface area (Å²) in [6.07, 6.45) is 1.76. The predicted octanol–water partition coefficient (Wildman–Crippen LogP) is 2.70. The Labute approximate surface area is 105 Å². The summed E-state index contributed by atoms with van der Waals surface area (Å²) >= 11 is 0. The van der Waals surface area contributed by atoms with Crippen molar-refractivity contribution in [3.8, 4) is 0 Å². The summed E-state index contributed by atoms with van der Waals surface area (Å²) in [5.41, 5.74) is 3.30. The molecule has 0 aliphatic carbocycles. The number of carboxylic acid groups (broad SMARTS) is 1. The molecule has 2 aromatic rings. The van der Waals surface area contributed by atoms with Crippen LogP contribution in [0, 0.1) is 6.92 Å². The zero-order valence-corrected chi connectivity index (χ0v) is 10.1. The van der Waals surface area contributed by atoms with Crippen molar-refractivity contribution in [2.24, 2.45) is 0 Å². The highest BCUT2D eigenvalue weighted by Gasteiger charge is 2.01. The summed E-state index contributed by atoms with van der Waals surface area (Å²) in [5.74, 6) is -0.903. The minimum Gasteiger partial charge on any atom is -0.478 e. The summed E-state index contributed by atoms with van der Waals surface area (Å²) in [4.78, 5) is 14.8. The number of carboxylic acids is 1. The van der Waals surface area contributed by atoms with Crippen LogP contribution in [0.25, 0.3) is 0 Å². The van der Waals surface area contributed by atoms with Gasteiger partial charge in [-0.2, -0.15) is 0 Å². The number of benzene rings is 1. The third-order valence-corrected chi connectivity index (χ3v) is 2.59. The number of nitrogens with one attached hydrogen (secondary N) is 1. The third-order valence-electron chi connectivity index (χ3n) is 2.59. The second kappa shape index (κ2) is 5.31. The predicted molar refractivity (Wildman–Crippen MR) is 69.7 cm³/mol. The van der Waals surface area contributed by atoms with Crippen molar-refractivity contribution in [2.75, 3.05) is 5.32 Å². The van der Waals surface area contributed by atoms with E-state index in [2.05, 4.69) is 10.3 Å². The van der Waals surface area contributed by atoms with Crippen LogP contribution in [-0.2, 0) is 6.54 Å². The van der Waals surface area contributed by atoms with E-state index in [0.29, 0.717) is 12.1 Å². The van der Waals surface area contributed by atoms with E-state index in [0.717, 1.165) is 16.9 Å². The molecule has 92 valence electrons. The smallest absolute Gasteiger partial charge is 0.335 e. The van der Waals surface area contributed by atoms with Gasteiger partial charge in [0.25, 0.3) is 0 Å². The number of anilines is 1. The van der Waals surface area contributed by atoms with E-state index >= 15 is 0 Å². The molecule has 0 spiro atoms. The molecule has 0 fully saturated rings. The number of hydrogen-bond donors (Lipinski definition) is 2. The maximum absolute atomic E-state index is 10.7. The van der Waals surface area contributed by atoms with E-state index in [1.807, 2.05) is 31.2 Å². The quantitative estimate of drug-likeness (QED) is 0.865. The fourth-order valence-electron chi connectivity index (χ4n) is 1.62. The fraction of sp³-hybridized carbons (Fsp3) is 0.143. The van der Waals surface area contributed by atoms with Crippen LogP contribution in [0.2, 0.25) is 0 Å². The number of rotatable bonds is 4. The Kier molecular flexibility index (Phi) is 3.57. The molecule has 1 heterocycles. The molecule has 1 aromatic heterocycles. The summed E-state index contributed by atoms with van der Waals surface area (Å²) in [6, 6.07) is 10.7. The molecule has 0 saturated heterocycles. The van der Waals surface area contributed by atoms with Crippen molar-refractivity contribution >= 4 is 11.7 Å². The molecule has 0 atom stereocenters. The monoisotopic (exact) mass is 242 g/mol. The van der Waals surface area contributed by atoms with Crippen LogP contribution in [0.1, 0.15) is 21.6 Å². The van der Waals surface area contributed by atoms with Gasteiger partial charge in [-0.1, -0.05) is 12.1 Å². The Morgan fingerprint density at radius 1 is 1.28 bits per heavy atom. The molecule has 4 nitrogen and oxygen atoms in total. The first-order chi connectivity index (χ1) is 8.65. The molecule has 2 rings (SSSR count). The first-order valence-corrected chi connectivity index (χ1v) is 5.64. The zero-order chi connectivity index (χ0) is 13.0. The van der Waals surface area contributed by atoms with Crippen molar-refractivity contribution in [3.63, 3.8) is 0 Å². The topological polar surface area (TPSA) is 62.2 Å². The van der Waals surface area contributed by atoms with Crippen LogP contribution in [0.5, 0.6) is 0 Å². The highest BCUT2D eigenvalue weighted by molar-refractivity contribution is 5.87. The van der Waals surface area contributed by atoms with E-state index in [9.17, 15) is 4.79 Å². The molecule has 1 aromatic carbocycles. The average molecular weight is 242 g/mol. The highest BCUT2D eigenvalue weighted by Crippen LogP contribution is 2.10. The van der Waals surface area contributed by atoms with E-state index in [-0.39, 0.29) is 0 Å². The van der Waals surface area contributed by atoms with Crippen LogP contribution in [0.4, 0.5) is 5.69 Å². The second-order valence-corrected chi connectivity index (χ2v) is 4.04. The van der Waals surface area contributed by atoms with Crippen LogP contribution < -0.4 is 5.32 Å². The van der Waals surface area contributed by atoms with Gasteiger partial charge in [-0.05, 0) is 36.8 Å². The lowest BCUT2D eigenvalue weighted by Crippen LogP contribution is -2.01. The zero-order valence-electron chi connectivity index (χ0n) is 10.1. The molecule has 0 aliphatic rings. The molecule has 2 N–H and O–H groups in total. The number of aromatic carboxylic acids is 1. The number of aryl methyl sites for hydroxylation is 1. The number of pyridine rings is 1. The summed E-state index contributed by atoms with van der Waals surface area (Å²) in [5, 5.41) is 12.1. The minimum atomic E-state index is -0.903. The van der Waals surface area contributed by atoms with E-state index in [4.69, 9.17) is 5.11 Å². The number of aromatic nitrogens is 1. The summed E-state index contributed by atoms with van der Waals surface area (Å²) in [7, 11) is 0. The minimum absolute atomic E-state index is 0.304. The molecule has 4 heteroatoms. The van der Waals surface area contributed by atoms with Crippen LogP contribution in [-0.4, -0.2) is 16.1 Å². The van der Waals surface area contributed by atoms with Gasteiger partial charge in [0.05, 0.1) is 5.56 Å².